The van der Waals surface area contributed by atoms with Gasteiger partial charge in [0.05, 0.1) is 26.9 Å². The Hall–Kier alpha value is -3.94. The number of hydrogen-bond acceptors (Lipinski definition) is 8. The SMILES string of the molecule is C=CCOC(=O)/C(=C\c1c(OC)cc(OC)cc1OC)C(=O)c1ccc2c(c1)OCO2. The average molecular weight is 426 g/mol. The van der Waals surface area contributed by atoms with Crippen molar-refractivity contribution in [2.75, 3.05) is 34.7 Å². The van der Waals surface area contributed by atoms with Crippen LogP contribution in [0.5, 0.6) is 28.7 Å². The normalized spacial score (nSPS) is 12.2. The van der Waals surface area contributed by atoms with Gasteiger partial charge in [-0.25, -0.2) is 4.79 Å². The summed E-state index contributed by atoms with van der Waals surface area (Å²) in [5.74, 6) is 0.755. The first-order valence-corrected chi connectivity index (χ1v) is 9.26. The third kappa shape index (κ3) is 4.63. The maximum Gasteiger partial charge on any atom is 0.342 e. The second-order valence-electron chi connectivity index (χ2n) is 6.29. The molecule has 0 saturated carbocycles. The molecule has 1 aliphatic heterocycles. The van der Waals surface area contributed by atoms with Crippen molar-refractivity contribution in [2.24, 2.45) is 0 Å². The van der Waals surface area contributed by atoms with E-state index < -0.39 is 11.8 Å². The van der Waals surface area contributed by atoms with E-state index in [1.807, 2.05) is 0 Å². The van der Waals surface area contributed by atoms with Crippen LogP contribution in [0.15, 0.2) is 48.6 Å². The molecule has 8 nitrogen and oxygen atoms in total. The van der Waals surface area contributed by atoms with Gasteiger partial charge in [0.1, 0.15) is 29.4 Å². The van der Waals surface area contributed by atoms with Crippen molar-refractivity contribution < 1.29 is 38.0 Å². The molecule has 0 aliphatic carbocycles. The van der Waals surface area contributed by atoms with E-state index in [-0.39, 0.29) is 24.5 Å². The van der Waals surface area contributed by atoms with Crippen molar-refractivity contribution in [3.8, 4) is 28.7 Å². The topological polar surface area (TPSA) is 89.5 Å². The zero-order valence-corrected chi connectivity index (χ0v) is 17.4. The Bertz CT molecular complexity index is 1010. The van der Waals surface area contributed by atoms with Crippen LogP contribution in [-0.2, 0) is 9.53 Å². The molecule has 162 valence electrons. The van der Waals surface area contributed by atoms with Crippen molar-refractivity contribution in [1.82, 2.24) is 0 Å². The van der Waals surface area contributed by atoms with Crippen LogP contribution in [0.25, 0.3) is 6.08 Å². The Morgan fingerprint density at radius 1 is 1.00 bits per heavy atom. The monoisotopic (exact) mass is 426 g/mol. The van der Waals surface area contributed by atoms with E-state index in [2.05, 4.69) is 6.58 Å². The summed E-state index contributed by atoms with van der Waals surface area (Å²) in [6, 6.07) is 7.91. The fourth-order valence-electron chi connectivity index (χ4n) is 2.94. The molecule has 31 heavy (non-hydrogen) atoms. The van der Waals surface area contributed by atoms with Gasteiger partial charge in [0.15, 0.2) is 11.5 Å². The Labute approximate surface area is 179 Å². The molecule has 2 aromatic carbocycles. The summed E-state index contributed by atoms with van der Waals surface area (Å²) in [6.07, 6.45) is 2.78. The number of carbonyl (C=O) groups is 2. The molecule has 0 radical (unpaired) electrons. The molecule has 3 rings (SSSR count). The van der Waals surface area contributed by atoms with E-state index in [1.165, 1.54) is 39.5 Å². The highest BCUT2D eigenvalue weighted by atomic mass is 16.7. The van der Waals surface area contributed by atoms with E-state index in [0.29, 0.717) is 34.3 Å². The highest BCUT2D eigenvalue weighted by Crippen LogP contribution is 2.37. The number of fused-ring (bicyclic) bond motifs is 1. The van der Waals surface area contributed by atoms with Crippen molar-refractivity contribution in [3.05, 3.63) is 59.7 Å². The van der Waals surface area contributed by atoms with E-state index in [1.54, 1.807) is 24.3 Å². The van der Waals surface area contributed by atoms with Crippen LogP contribution in [0, 0.1) is 0 Å². The smallest absolute Gasteiger partial charge is 0.342 e. The third-order valence-electron chi connectivity index (χ3n) is 4.47. The molecule has 0 spiro atoms. The minimum Gasteiger partial charge on any atom is -0.496 e. The summed E-state index contributed by atoms with van der Waals surface area (Å²) in [7, 11) is 4.42. The summed E-state index contributed by atoms with van der Waals surface area (Å²) < 4.78 is 31.8. The van der Waals surface area contributed by atoms with Crippen LogP contribution < -0.4 is 23.7 Å². The fraction of sp³-hybridized carbons (Fsp3) is 0.217. The van der Waals surface area contributed by atoms with Gasteiger partial charge >= 0.3 is 5.97 Å². The minimum absolute atomic E-state index is 0.0541. The van der Waals surface area contributed by atoms with Gasteiger partial charge in [-0.1, -0.05) is 12.7 Å². The Balaban J connectivity index is 2.11. The molecule has 1 heterocycles. The highest BCUT2D eigenvalue weighted by molar-refractivity contribution is 6.27. The van der Waals surface area contributed by atoms with Gasteiger partial charge in [-0.05, 0) is 24.3 Å². The molecule has 1 aliphatic rings. The van der Waals surface area contributed by atoms with Gasteiger partial charge in [0.25, 0.3) is 0 Å². The lowest BCUT2D eigenvalue weighted by atomic mass is 9.99. The van der Waals surface area contributed by atoms with Crippen molar-refractivity contribution >= 4 is 17.8 Å². The molecule has 2 aromatic rings. The first kappa shape index (κ1) is 21.8. The molecule has 0 atom stereocenters. The lowest BCUT2D eigenvalue weighted by Crippen LogP contribution is -2.16. The first-order chi connectivity index (χ1) is 15.0. The van der Waals surface area contributed by atoms with Gasteiger partial charge in [0, 0.05) is 17.7 Å². The standard InChI is InChI=1S/C23H22O8/c1-5-8-29-23(25)17(22(24)14-6-7-18-21(9-14)31-13-30-18)12-16-19(27-3)10-15(26-2)11-20(16)28-4/h5-7,9-12H,1,8,13H2,2-4H3/b17-12-. The number of esters is 1. The number of hydrogen-bond donors (Lipinski definition) is 0. The van der Waals surface area contributed by atoms with Gasteiger partial charge in [-0.15, -0.1) is 0 Å². The molecule has 0 N–H and O–H groups in total. The van der Waals surface area contributed by atoms with E-state index >= 15 is 0 Å². The van der Waals surface area contributed by atoms with Crippen molar-refractivity contribution in [3.63, 3.8) is 0 Å². The van der Waals surface area contributed by atoms with Crippen molar-refractivity contribution in [2.45, 2.75) is 0 Å². The van der Waals surface area contributed by atoms with Crippen LogP contribution in [0.4, 0.5) is 0 Å². The number of ketones is 1. The Morgan fingerprint density at radius 2 is 1.68 bits per heavy atom. The van der Waals surface area contributed by atoms with Crippen molar-refractivity contribution in [1.29, 1.82) is 0 Å². The minimum atomic E-state index is -0.817. The molecular weight excluding hydrogens is 404 g/mol. The summed E-state index contributed by atoms with van der Waals surface area (Å²) >= 11 is 0. The predicted octanol–water partition coefficient (Wildman–Crippen LogP) is 3.44. The lowest BCUT2D eigenvalue weighted by Gasteiger charge is -2.14. The number of Topliss-reactive ketones (excluding diaryl/α,β-unsaturated/α-hetero) is 1. The average Bonchev–Trinajstić information content (AvgIpc) is 3.28. The molecule has 0 bridgehead atoms. The molecule has 0 amide bonds. The fourth-order valence-corrected chi connectivity index (χ4v) is 2.94. The Morgan fingerprint density at radius 3 is 2.29 bits per heavy atom. The quantitative estimate of drug-likeness (QED) is 0.150. The lowest BCUT2D eigenvalue weighted by molar-refractivity contribution is -0.137. The number of ether oxygens (including phenoxy) is 6. The molecule has 0 saturated heterocycles. The van der Waals surface area contributed by atoms with Gasteiger partial charge in [-0.3, -0.25) is 4.79 Å². The molecule has 0 aromatic heterocycles. The largest absolute Gasteiger partial charge is 0.496 e. The molecule has 8 heteroatoms. The Kier molecular flexibility index (Phi) is 6.81. The predicted molar refractivity (Wildman–Crippen MR) is 112 cm³/mol. The first-order valence-electron chi connectivity index (χ1n) is 9.26. The highest BCUT2D eigenvalue weighted by Gasteiger charge is 2.25. The van der Waals surface area contributed by atoms with Crippen LogP contribution in [-0.4, -0.2) is 46.5 Å². The second-order valence-corrected chi connectivity index (χ2v) is 6.29. The summed E-state index contributed by atoms with van der Waals surface area (Å²) in [5, 5.41) is 0. The second kappa shape index (κ2) is 9.71. The maximum absolute atomic E-state index is 13.3. The third-order valence-corrected chi connectivity index (χ3v) is 4.47. The zero-order chi connectivity index (χ0) is 22.4. The molecule has 0 fully saturated rings. The van der Waals surface area contributed by atoms with Gasteiger partial charge in [0.2, 0.25) is 12.6 Å². The van der Waals surface area contributed by atoms with Crippen LogP contribution in [0.2, 0.25) is 0 Å². The van der Waals surface area contributed by atoms with Crippen LogP contribution in [0.3, 0.4) is 0 Å². The number of methoxy groups -OCH3 is 3. The zero-order valence-electron chi connectivity index (χ0n) is 17.4. The van der Waals surface area contributed by atoms with E-state index in [9.17, 15) is 9.59 Å². The van der Waals surface area contributed by atoms with Crippen LogP contribution in [0.1, 0.15) is 15.9 Å². The summed E-state index contributed by atoms with van der Waals surface area (Å²) in [6.45, 7) is 3.54. The van der Waals surface area contributed by atoms with Gasteiger partial charge in [-0.2, -0.15) is 0 Å². The van der Waals surface area contributed by atoms with E-state index in [0.717, 1.165) is 0 Å². The van der Waals surface area contributed by atoms with E-state index in [4.69, 9.17) is 28.4 Å². The number of rotatable bonds is 9. The van der Waals surface area contributed by atoms with Gasteiger partial charge < -0.3 is 28.4 Å². The molecule has 0 unspecified atom stereocenters. The molecular formula is C23H22O8. The maximum atomic E-state index is 13.3. The summed E-state index contributed by atoms with van der Waals surface area (Å²) in [5.41, 5.74) is 0.394. The number of benzene rings is 2. The summed E-state index contributed by atoms with van der Waals surface area (Å²) in [4.78, 5) is 26.0. The number of carbonyl (C=O) groups excluding carboxylic acids is 2. The van der Waals surface area contributed by atoms with Crippen LogP contribution >= 0.6 is 0 Å².